The van der Waals surface area contributed by atoms with E-state index in [1.807, 2.05) is 6.07 Å². The van der Waals surface area contributed by atoms with E-state index in [0.29, 0.717) is 12.0 Å². The SMILES string of the molecule is COc1ccc(CNC(C)C(C)C)cc1C. The molecule has 1 aromatic carbocycles. The lowest BCUT2D eigenvalue weighted by molar-refractivity contribution is 0.410. The van der Waals surface area contributed by atoms with Gasteiger partial charge in [0.05, 0.1) is 7.11 Å². The fourth-order valence-corrected chi connectivity index (χ4v) is 1.57. The number of ether oxygens (including phenoxy) is 1. The van der Waals surface area contributed by atoms with E-state index >= 15 is 0 Å². The van der Waals surface area contributed by atoms with Gasteiger partial charge in [0, 0.05) is 12.6 Å². The molecular weight excluding hydrogens is 198 g/mol. The molecule has 0 heterocycles. The molecule has 1 atom stereocenters. The van der Waals surface area contributed by atoms with Crippen molar-refractivity contribution in [3.05, 3.63) is 29.3 Å². The second-order valence-corrected chi connectivity index (χ2v) is 4.72. The lowest BCUT2D eigenvalue weighted by atomic mass is 10.1. The van der Waals surface area contributed by atoms with Crippen molar-refractivity contribution in [2.75, 3.05) is 7.11 Å². The maximum atomic E-state index is 5.24. The molecule has 0 radical (unpaired) electrons. The third-order valence-corrected chi connectivity index (χ3v) is 3.09. The first-order valence-corrected chi connectivity index (χ1v) is 5.91. The van der Waals surface area contributed by atoms with Crippen LogP contribution in [0.2, 0.25) is 0 Å². The molecule has 0 amide bonds. The van der Waals surface area contributed by atoms with Crippen LogP contribution in [0, 0.1) is 12.8 Å². The lowest BCUT2D eigenvalue weighted by Gasteiger charge is -2.17. The van der Waals surface area contributed by atoms with Crippen LogP contribution in [0.5, 0.6) is 5.75 Å². The molecule has 2 nitrogen and oxygen atoms in total. The molecule has 0 aliphatic carbocycles. The van der Waals surface area contributed by atoms with Crippen LogP contribution in [0.1, 0.15) is 31.9 Å². The Morgan fingerprint density at radius 1 is 1.25 bits per heavy atom. The Balaban J connectivity index is 2.58. The molecule has 90 valence electrons. The highest BCUT2D eigenvalue weighted by Crippen LogP contribution is 2.18. The number of hydrogen-bond donors (Lipinski definition) is 1. The second-order valence-electron chi connectivity index (χ2n) is 4.72. The van der Waals surface area contributed by atoms with Gasteiger partial charge in [-0.1, -0.05) is 26.0 Å². The predicted octanol–water partition coefficient (Wildman–Crippen LogP) is 3.14. The highest BCUT2D eigenvalue weighted by Gasteiger charge is 2.06. The standard InChI is InChI=1S/C14H23NO/c1-10(2)12(4)15-9-13-6-7-14(16-5)11(3)8-13/h6-8,10,12,15H,9H2,1-5H3. The Kier molecular flexibility index (Phi) is 4.81. The van der Waals surface area contributed by atoms with E-state index in [2.05, 4.69) is 45.1 Å². The fourth-order valence-electron chi connectivity index (χ4n) is 1.57. The summed E-state index contributed by atoms with van der Waals surface area (Å²) in [6.45, 7) is 9.69. The number of hydrogen-bond acceptors (Lipinski definition) is 2. The molecule has 0 spiro atoms. The van der Waals surface area contributed by atoms with Crippen molar-refractivity contribution in [3.63, 3.8) is 0 Å². The Bertz CT molecular complexity index is 334. The summed E-state index contributed by atoms with van der Waals surface area (Å²) in [5.74, 6) is 1.63. The molecule has 2 heteroatoms. The summed E-state index contributed by atoms with van der Waals surface area (Å²) >= 11 is 0. The topological polar surface area (TPSA) is 21.3 Å². The summed E-state index contributed by atoms with van der Waals surface area (Å²) in [7, 11) is 1.71. The normalized spacial score (nSPS) is 12.9. The average molecular weight is 221 g/mol. The molecule has 1 rings (SSSR count). The van der Waals surface area contributed by atoms with Crippen LogP contribution in [0.25, 0.3) is 0 Å². The summed E-state index contributed by atoms with van der Waals surface area (Å²) in [6, 6.07) is 6.87. The summed E-state index contributed by atoms with van der Waals surface area (Å²) in [6.07, 6.45) is 0. The Hall–Kier alpha value is -1.02. The minimum Gasteiger partial charge on any atom is -0.496 e. The predicted molar refractivity (Wildman–Crippen MR) is 68.9 cm³/mol. The summed E-state index contributed by atoms with van der Waals surface area (Å²) in [4.78, 5) is 0. The Morgan fingerprint density at radius 3 is 2.44 bits per heavy atom. The van der Waals surface area contributed by atoms with E-state index in [-0.39, 0.29) is 0 Å². The zero-order valence-electron chi connectivity index (χ0n) is 11.0. The molecule has 0 aromatic heterocycles. The highest BCUT2D eigenvalue weighted by atomic mass is 16.5. The van der Waals surface area contributed by atoms with Crippen molar-refractivity contribution in [2.45, 2.75) is 40.3 Å². The van der Waals surface area contributed by atoms with E-state index in [4.69, 9.17) is 4.74 Å². The Labute approximate surface area is 99.0 Å². The molecular formula is C14H23NO. The highest BCUT2D eigenvalue weighted by molar-refractivity contribution is 5.36. The van der Waals surface area contributed by atoms with E-state index in [0.717, 1.165) is 12.3 Å². The summed E-state index contributed by atoms with van der Waals surface area (Å²) < 4.78 is 5.24. The molecule has 0 aliphatic rings. The van der Waals surface area contributed by atoms with Crippen LogP contribution >= 0.6 is 0 Å². The first kappa shape index (κ1) is 13.0. The quantitative estimate of drug-likeness (QED) is 0.824. The van der Waals surface area contributed by atoms with Crippen LogP contribution < -0.4 is 10.1 Å². The molecule has 0 fully saturated rings. The van der Waals surface area contributed by atoms with Gasteiger partial charge in [0.1, 0.15) is 5.75 Å². The Morgan fingerprint density at radius 2 is 1.94 bits per heavy atom. The van der Waals surface area contributed by atoms with Crippen molar-refractivity contribution in [2.24, 2.45) is 5.92 Å². The van der Waals surface area contributed by atoms with Gasteiger partial charge in [0.2, 0.25) is 0 Å². The molecule has 1 aromatic rings. The van der Waals surface area contributed by atoms with Crippen molar-refractivity contribution in [3.8, 4) is 5.75 Å². The molecule has 16 heavy (non-hydrogen) atoms. The van der Waals surface area contributed by atoms with Crippen LogP contribution in [0.3, 0.4) is 0 Å². The number of methoxy groups -OCH3 is 1. The summed E-state index contributed by atoms with van der Waals surface area (Å²) in [5, 5.41) is 3.52. The van der Waals surface area contributed by atoms with Crippen molar-refractivity contribution in [1.82, 2.24) is 5.32 Å². The van der Waals surface area contributed by atoms with E-state index in [9.17, 15) is 0 Å². The molecule has 0 saturated heterocycles. The zero-order valence-corrected chi connectivity index (χ0v) is 11.0. The number of benzene rings is 1. The first-order valence-electron chi connectivity index (χ1n) is 5.91. The summed E-state index contributed by atoms with van der Waals surface area (Å²) in [5.41, 5.74) is 2.50. The first-order chi connectivity index (χ1) is 7.54. The number of aryl methyl sites for hydroxylation is 1. The van der Waals surface area contributed by atoms with Gasteiger partial charge in [0.25, 0.3) is 0 Å². The smallest absolute Gasteiger partial charge is 0.121 e. The van der Waals surface area contributed by atoms with E-state index in [1.165, 1.54) is 11.1 Å². The minimum atomic E-state index is 0.544. The molecule has 0 bridgehead atoms. The van der Waals surface area contributed by atoms with Gasteiger partial charge < -0.3 is 10.1 Å². The fraction of sp³-hybridized carbons (Fsp3) is 0.571. The average Bonchev–Trinajstić information content (AvgIpc) is 2.25. The van der Waals surface area contributed by atoms with Gasteiger partial charge in [-0.05, 0) is 37.0 Å². The van der Waals surface area contributed by atoms with Gasteiger partial charge in [-0.25, -0.2) is 0 Å². The van der Waals surface area contributed by atoms with Gasteiger partial charge in [-0.2, -0.15) is 0 Å². The zero-order chi connectivity index (χ0) is 12.1. The third-order valence-electron chi connectivity index (χ3n) is 3.09. The van der Waals surface area contributed by atoms with Crippen molar-refractivity contribution in [1.29, 1.82) is 0 Å². The monoisotopic (exact) mass is 221 g/mol. The van der Waals surface area contributed by atoms with Crippen molar-refractivity contribution >= 4 is 0 Å². The molecule has 1 unspecified atom stereocenters. The lowest BCUT2D eigenvalue weighted by Crippen LogP contribution is -2.30. The maximum absolute atomic E-state index is 5.24. The molecule has 0 saturated carbocycles. The van der Waals surface area contributed by atoms with Crippen LogP contribution in [-0.2, 0) is 6.54 Å². The van der Waals surface area contributed by atoms with Crippen molar-refractivity contribution < 1.29 is 4.74 Å². The van der Waals surface area contributed by atoms with Crippen LogP contribution in [0.4, 0.5) is 0 Å². The van der Waals surface area contributed by atoms with Gasteiger partial charge >= 0.3 is 0 Å². The van der Waals surface area contributed by atoms with Crippen LogP contribution in [-0.4, -0.2) is 13.2 Å². The van der Waals surface area contributed by atoms with Gasteiger partial charge in [0.15, 0.2) is 0 Å². The number of nitrogens with one attached hydrogen (secondary N) is 1. The maximum Gasteiger partial charge on any atom is 0.121 e. The molecule has 0 aliphatic heterocycles. The minimum absolute atomic E-state index is 0.544. The largest absolute Gasteiger partial charge is 0.496 e. The second kappa shape index (κ2) is 5.90. The number of rotatable bonds is 5. The van der Waals surface area contributed by atoms with E-state index < -0.39 is 0 Å². The van der Waals surface area contributed by atoms with Gasteiger partial charge in [-0.15, -0.1) is 0 Å². The molecule has 1 N–H and O–H groups in total. The van der Waals surface area contributed by atoms with Gasteiger partial charge in [-0.3, -0.25) is 0 Å². The van der Waals surface area contributed by atoms with E-state index in [1.54, 1.807) is 7.11 Å². The van der Waals surface area contributed by atoms with Crippen LogP contribution in [0.15, 0.2) is 18.2 Å². The third kappa shape index (κ3) is 3.53.